The van der Waals surface area contributed by atoms with E-state index in [2.05, 4.69) is 13.8 Å². The third kappa shape index (κ3) is 3.29. The number of thioether (sulfide) groups is 1. The van der Waals surface area contributed by atoms with Gasteiger partial charge in [-0.1, -0.05) is 13.8 Å². The Bertz CT molecular complexity index is 545. The second kappa shape index (κ2) is 5.93. The summed E-state index contributed by atoms with van der Waals surface area (Å²) < 4.78 is 27.3. The van der Waals surface area contributed by atoms with Crippen LogP contribution in [-0.4, -0.2) is 36.3 Å². The highest BCUT2D eigenvalue weighted by atomic mass is 35.5. The number of thiophene rings is 1. The molecule has 108 valence electrons. The average molecular weight is 340 g/mol. The maximum absolute atomic E-state index is 12.6. The first-order chi connectivity index (χ1) is 8.84. The van der Waals surface area contributed by atoms with Crippen LogP contribution in [0.15, 0.2) is 10.3 Å². The second-order valence-electron chi connectivity index (χ2n) is 4.88. The van der Waals surface area contributed by atoms with Gasteiger partial charge in [0.15, 0.2) is 0 Å². The number of hydrogen-bond acceptors (Lipinski definition) is 4. The van der Waals surface area contributed by atoms with Crippen LogP contribution in [-0.2, 0) is 15.9 Å². The van der Waals surface area contributed by atoms with Gasteiger partial charge in [0.1, 0.15) is 4.21 Å². The van der Waals surface area contributed by atoms with Gasteiger partial charge in [-0.05, 0) is 18.6 Å². The fraction of sp³-hybridized carbons (Fsp3) is 0.667. The van der Waals surface area contributed by atoms with E-state index in [0.29, 0.717) is 33.7 Å². The monoisotopic (exact) mass is 339 g/mol. The smallest absolute Gasteiger partial charge is 0.206 e. The van der Waals surface area contributed by atoms with Gasteiger partial charge in [0.2, 0.25) is 0 Å². The van der Waals surface area contributed by atoms with Crippen LogP contribution in [0.1, 0.15) is 24.3 Å². The predicted molar refractivity (Wildman–Crippen MR) is 83.9 cm³/mol. The van der Waals surface area contributed by atoms with Gasteiger partial charge in [-0.25, -0.2) is 8.42 Å². The third-order valence-electron chi connectivity index (χ3n) is 3.10. The molecule has 0 saturated carbocycles. The molecule has 7 heteroatoms. The van der Waals surface area contributed by atoms with Crippen LogP contribution in [0.5, 0.6) is 0 Å². The van der Waals surface area contributed by atoms with Crippen molar-refractivity contribution in [3.63, 3.8) is 0 Å². The summed E-state index contributed by atoms with van der Waals surface area (Å²) in [4.78, 5) is 0.938. The summed E-state index contributed by atoms with van der Waals surface area (Å²) >= 11 is 8.97. The average Bonchev–Trinajstić information content (AvgIpc) is 2.70. The molecule has 2 heterocycles. The molecule has 0 radical (unpaired) electrons. The van der Waals surface area contributed by atoms with Crippen molar-refractivity contribution in [2.24, 2.45) is 0 Å². The molecule has 0 aliphatic carbocycles. The maximum atomic E-state index is 12.6. The maximum Gasteiger partial charge on any atom is 0.252 e. The van der Waals surface area contributed by atoms with E-state index < -0.39 is 10.0 Å². The molecule has 1 aromatic heterocycles. The Morgan fingerprint density at radius 2 is 1.95 bits per heavy atom. The van der Waals surface area contributed by atoms with E-state index in [9.17, 15) is 8.42 Å². The first-order valence-corrected chi connectivity index (χ1v) is 9.89. The van der Waals surface area contributed by atoms with Crippen LogP contribution in [0.3, 0.4) is 0 Å². The SMILES string of the molecule is Cc1cc(S(=O)(=O)N2CC(C)SC(C)C2)sc1CCl. The zero-order valence-corrected chi connectivity index (χ0v) is 14.4. The van der Waals surface area contributed by atoms with E-state index in [4.69, 9.17) is 11.6 Å². The van der Waals surface area contributed by atoms with Crippen LogP contribution >= 0.6 is 34.7 Å². The largest absolute Gasteiger partial charge is 0.252 e. The molecule has 1 aliphatic rings. The number of halogens is 1. The first-order valence-electron chi connectivity index (χ1n) is 6.15. The number of sulfonamides is 1. The minimum Gasteiger partial charge on any atom is -0.206 e. The zero-order chi connectivity index (χ0) is 14.2. The lowest BCUT2D eigenvalue weighted by Gasteiger charge is -2.33. The fourth-order valence-electron chi connectivity index (χ4n) is 2.20. The lowest BCUT2D eigenvalue weighted by atomic mass is 10.3. The van der Waals surface area contributed by atoms with E-state index in [1.54, 1.807) is 10.4 Å². The first kappa shape index (κ1) is 15.6. The summed E-state index contributed by atoms with van der Waals surface area (Å²) in [5.74, 6) is 0.370. The molecule has 0 bridgehead atoms. The summed E-state index contributed by atoms with van der Waals surface area (Å²) in [7, 11) is -3.36. The van der Waals surface area contributed by atoms with Crippen molar-refractivity contribution in [3.8, 4) is 0 Å². The summed E-state index contributed by atoms with van der Waals surface area (Å²) in [5.41, 5.74) is 0.964. The normalized spacial score (nSPS) is 25.7. The van der Waals surface area contributed by atoms with E-state index >= 15 is 0 Å². The van der Waals surface area contributed by atoms with Crippen LogP contribution in [0.25, 0.3) is 0 Å². The molecule has 19 heavy (non-hydrogen) atoms. The lowest BCUT2D eigenvalue weighted by molar-refractivity contribution is 0.406. The zero-order valence-electron chi connectivity index (χ0n) is 11.2. The highest BCUT2D eigenvalue weighted by Gasteiger charge is 2.33. The van der Waals surface area contributed by atoms with Crippen molar-refractivity contribution in [3.05, 3.63) is 16.5 Å². The summed E-state index contributed by atoms with van der Waals surface area (Å²) in [6.07, 6.45) is 0. The Hall–Kier alpha value is 0.250. The number of nitrogens with zero attached hydrogens (tertiary/aromatic N) is 1. The van der Waals surface area contributed by atoms with Crippen molar-refractivity contribution < 1.29 is 8.42 Å². The van der Waals surface area contributed by atoms with E-state index in [0.717, 1.165) is 10.4 Å². The quantitative estimate of drug-likeness (QED) is 0.793. The van der Waals surface area contributed by atoms with Crippen molar-refractivity contribution in [2.75, 3.05) is 13.1 Å². The minimum atomic E-state index is -3.36. The molecular formula is C12H18ClNO2S3. The Morgan fingerprint density at radius 1 is 1.37 bits per heavy atom. The van der Waals surface area contributed by atoms with Crippen LogP contribution in [0.4, 0.5) is 0 Å². The van der Waals surface area contributed by atoms with Crippen molar-refractivity contribution >= 4 is 44.7 Å². The van der Waals surface area contributed by atoms with Gasteiger partial charge >= 0.3 is 0 Å². The Balaban J connectivity index is 2.30. The molecule has 1 aliphatic heterocycles. The molecule has 0 N–H and O–H groups in total. The summed E-state index contributed by atoms with van der Waals surface area (Å²) in [6.45, 7) is 7.24. The lowest BCUT2D eigenvalue weighted by Crippen LogP contribution is -2.43. The molecule has 3 nitrogen and oxygen atoms in total. The van der Waals surface area contributed by atoms with Crippen LogP contribution in [0.2, 0.25) is 0 Å². The molecule has 1 aromatic rings. The van der Waals surface area contributed by atoms with Crippen molar-refractivity contribution in [1.82, 2.24) is 4.31 Å². The molecular weight excluding hydrogens is 322 g/mol. The van der Waals surface area contributed by atoms with Gasteiger partial charge in [0, 0.05) is 28.5 Å². The predicted octanol–water partition coefficient (Wildman–Crippen LogP) is 3.31. The van der Waals surface area contributed by atoms with Gasteiger partial charge < -0.3 is 0 Å². The number of aryl methyl sites for hydroxylation is 1. The molecule has 2 unspecified atom stereocenters. The topological polar surface area (TPSA) is 37.4 Å². The summed E-state index contributed by atoms with van der Waals surface area (Å²) in [6, 6.07) is 1.74. The molecule has 1 saturated heterocycles. The van der Waals surface area contributed by atoms with Crippen molar-refractivity contribution in [1.29, 1.82) is 0 Å². The second-order valence-corrected chi connectivity index (χ2v) is 10.3. The Morgan fingerprint density at radius 3 is 2.42 bits per heavy atom. The van der Waals surface area contributed by atoms with Gasteiger partial charge in [-0.3, -0.25) is 0 Å². The molecule has 0 aromatic carbocycles. The Kier molecular flexibility index (Phi) is 4.88. The molecule has 0 spiro atoms. The Labute approximate surface area is 128 Å². The fourth-order valence-corrected chi connectivity index (χ4v) is 7.30. The number of rotatable bonds is 3. The highest BCUT2D eigenvalue weighted by molar-refractivity contribution is 8.00. The number of alkyl halides is 1. The highest BCUT2D eigenvalue weighted by Crippen LogP contribution is 2.33. The van der Waals surface area contributed by atoms with E-state index in [-0.39, 0.29) is 0 Å². The van der Waals surface area contributed by atoms with Crippen LogP contribution < -0.4 is 0 Å². The molecule has 0 amide bonds. The number of hydrogen-bond donors (Lipinski definition) is 0. The van der Waals surface area contributed by atoms with Gasteiger partial charge in [-0.15, -0.1) is 22.9 Å². The van der Waals surface area contributed by atoms with Crippen LogP contribution in [0, 0.1) is 6.92 Å². The molecule has 2 atom stereocenters. The third-order valence-corrected chi connectivity index (χ3v) is 8.27. The van der Waals surface area contributed by atoms with Gasteiger partial charge in [-0.2, -0.15) is 16.1 Å². The van der Waals surface area contributed by atoms with Gasteiger partial charge in [0.05, 0.1) is 5.88 Å². The minimum absolute atomic E-state index is 0.340. The van der Waals surface area contributed by atoms with Crippen molar-refractivity contribution in [2.45, 2.75) is 41.4 Å². The standard InChI is InChI=1S/C12H18ClNO2S3/c1-8-4-12(18-11(8)5-13)19(15,16)14-6-9(2)17-10(3)7-14/h4,9-10H,5-7H2,1-3H3. The summed E-state index contributed by atoms with van der Waals surface area (Å²) in [5, 5.41) is 0.680. The molecule has 2 rings (SSSR count). The van der Waals surface area contributed by atoms with E-state index in [1.807, 2.05) is 18.7 Å². The molecule has 1 fully saturated rings. The van der Waals surface area contributed by atoms with E-state index in [1.165, 1.54) is 11.3 Å². The van der Waals surface area contributed by atoms with Gasteiger partial charge in [0.25, 0.3) is 10.0 Å².